The molecule has 0 aliphatic heterocycles. The molecule has 6 rings (SSSR count). The zero-order chi connectivity index (χ0) is 62.7. The van der Waals surface area contributed by atoms with Crippen LogP contribution < -0.4 is 348 Å². The van der Waals surface area contributed by atoms with Gasteiger partial charge in [0.15, 0.2) is 0 Å². The van der Waals surface area contributed by atoms with E-state index in [-0.39, 0.29) is 307 Å². The fraction of sp³-hybridized carbons (Fsp3) is 0.150. The number of aliphatic carboxylic acids is 4. The smallest absolute Gasteiger partial charge is 0.744 e. The first kappa shape index (κ1) is 104. The number of hydrogen-bond acceptors (Lipinski definition) is 38. The molecule has 450 valence electrons. The van der Waals surface area contributed by atoms with Crippen LogP contribution in [-0.4, -0.2) is 144 Å². The molecule has 38 nitrogen and oxygen atoms in total. The number of rotatable bonds is 27. The number of carboxylic acids is 4. The Kier molecular flexibility index (Phi) is 47.8. The van der Waals surface area contributed by atoms with Crippen LogP contribution in [0.25, 0.3) is 0 Å². The summed E-state index contributed by atoms with van der Waals surface area (Å²) in [5, 5.41) is 59.1. The van der Waals surface area contributed by atoms with Crippen molar-refractivity contribution in [2.75, 3.05) is 31.9 Å². The zero-order valence-corrected chi connectivity index (χ0v) is 75.6. The summed E-state index contributed by atoms with van der Waals surface area (Å²) in [5.74, 6) is -13.4. The number of hydrogen-bond donors (Lipinski definition) is 6. The van der Waals surface area contributed by atoms with Crippen LogP contribution in [0.15, 0.2) is 102 Å². The Bertz CT molecular complexity index is 4160. The van der Waals surface area contributed by atoms with Crippen molar-refractivity contribution in [3.63, 3.8) is 0 Å². The van der Waals surface area contributed by atoms with E-state index in [1.54, 1.807) is 0 Å². The van der Waals surface area contributed by atoms with Crippen LogP contribution in [0, 0.1) is 0 Å². The van der Waals surface area contributed by atoms with Gasteiger partial charge in [-0.15, -0.1) is 0 Å². The van der Waals surface area contributed by atoms with Crippen molar-refractivity contribution in [1.82, 2.24) is 29.9 Å². The van der Waals surface area contributed by atoms with Gasteiger partial charge in [-0.05, 0) is 84.6 Å². The molecule has 0 aliphatic rings. The summed E-state index contributed by atoms with van der Waals surface area (Å²) in [5.41, 5.74) is -3.58. The molecule has 2 aromatic heterocycles. The molecule has 6 N–H and O–H groups in total. The average Bonchev–Trinajstić information content (AvgIpc) is 0.815. The first-order valence-corrected chi connectivity index (χ1v) is 30.3. The molecule has 0 radical (unpaired) electrons. The quantitative estimate of drug-likeness (QED) is 0.0206. The van der Waals surface area contributed by atoms with E-state index < -0.39 is 210 Å². The molecule has 0 fully saturated rings. The monoisotopic (exact) mass is 1510 g/mol. The Morgan fingerprint density at radius 1 is 0.340 bits per heavy atom. The van der Waals surface area contributed by atoms with Crippen LogP contribution in [-0.2, 0) is 92.7 Å². The number of carbonyl (C=O) groups is 4. The first-order valence-electron chi connectivity index (χ1n) is 21.9. The van der Waals surface area contributed by atoms with E-state index in [4.69, 9.17) is 0 Å². The number of aromatic nitrogens is 6. The number of nitrogens with one attached hydrogen (secondary N) is 6. The standard InChI is InChI=1S/C40H38N12O26S6.10Na/c53-31(54)15-25(33(57)58)45-39-49-35(47-37(51-39)43-23-13-21(79(61,62)63)7-9-27(23)81(67,68)69)41-19-5-3-17(29(11-19)83(73,74)75)1-2-18-4-6-20(12-30(18)84(76,77)78)42-36-48-38(52-40(50-36)46-26(34(59)60)16-32(55)56)44-24-14-22(80(64,65)66)8-10-28(24)82(70,71)72;;;;;;;;;;/h3-14,25-26H,1-2,15-16H2,(H,53,54)(H,55,56)(H,57,58)(H,59,60)(H,61,62,63)(H,64,65,66)(H,67,68,69)(H,70,71,72)(H,73,74,75)(H,76,77,78)(H3,41,43,45,47,49,51)(H3,42,44,46,48,50,52);;;;;;;;;;/q;10*+1/p-10/t25-,26-;;;;;;;;;;/m0........../s1. The summed E-state index contributed by atoms with van der Waals surface area (Å²) in [7, 11) is -32.8. The van der Waals surface area contributed by atoms with E-state index in [0.717, 1.165) is 24.3 Å². The van der Waals surface area contributed by atoms with Gasteiger partial charge in [-0.2, -0.15) is 29.9 Å². The summed E-state index contributed by atoms with van der Waals surface area (Å²) in [6, 6.07) is 3.32. The first-order chi connectivity index (χ1) is 38.6. The van der Waals surface area contributed by atoms with E-state index in [2.05, 4.69) is 51.2 Å². The Hall–Kier alpha value is 1.04. The van der Waals surface area contributed by atoms with Crippen molar-refractivity contribution in [3.05, 3.63) is 83.9 Å². The van der Waals surface area contributed by atoms with Crippen molar-refractivity contribution in [2.45, 2.75) is 67.1 Å². The maximum absolute atomic E-state index is 12.7. The number of nitrogens with zero attached hydrogens (tertiary/aromatic N) is 6. The normalized spacial score (nSPS) is 11.6. The van der Waals surface area contributed by atoms with Gasteiger partial charge < -0.3 is 98.8 Å². The number of aryl methyl sites for hydroxylation is 2. The second-order valence-electron chi connectivity index (χ2n) is 16.5. The third-order valence-electron chi connectivity index (χ3n) is 10.5. The molecular formula is C40H28N12Na10O26S6. The minimum Gasteiger partial charge on any atom is -0.744 e. The van der Waals surface area contributed by atoms with E-state index in [9.17, 15) is 117 Å². The summed E-state index contributed by atoms with van der Waals surface area (Å²) >= 11 is 0. The fourth-order valence-electron chi connectivity index (χ4n) is 7.01. The predicted molar refractivity (Wildman–Crippen MR) is 258 cm³/mol. The Balaban J connectivity index is -0.00000264. The largest absolute Gasteiger partial charge is 1.00 e. The predicted octanol–water partition coefficient (Wildman–Crippen LogP) is -36.4. The van der Waals surface area contributed by atoms with Crippen molar-refractivity contribution in [2.24, 2.45) is 0 Å². The topological polar surface area (TPSA) is 653 Å². The Morgan fingerprint density at radius 3 is 0.851 bits per heavy atom. The summed E-state index contributed by atoms with van der Waals surface area (Å²) in [6.45, 7) is 0. The average molecular weight is 1520 g/mol. The molecule has 0 aliphatic carbocycles. The van der Waals surface area contributed by atoms with E-state index >= 15 is 0 Å². The third-order valence-corrected chi connectivity index (χ3v) is 15.8. The molecule has 4 aromatic carbocycles. The molecule has 0 bridgehead atoms. The van der Waals surface area contributed by atoms with Crippen LogP contribution in [0.2, 0.25) is 0 Å². The molecule has 2 atom stereocenters. The molecule has 0 spiro atoms. The molecule has 0 saturated heterocycles. The Labute approximate surface area is 755 Å². The van der Waals surface area contributed by atoms with Crippen LogP contribution in [0.1, 0.15) is 24.0 Å². The summed E-state index contributed by atoms with van der Waals surface area (Å²) < 4.78 is 219. The van der Waals surface area contributed by atoms with Gasteiger partial charge in [-0.25, -0.2) is 50.5 Å². The SMILES string of the molecule is O=C([O-])C[C@H](Nc1nc(Nc2ccc(CCc3ccc(Nc4nc(Nc5cc(S(=O)(=O)[O-])ccc5S(=O)(=O)[O-])nc(N[C@@H](CC(=O)[O-])C(=O)[O-])n4)cc3S(=O)(=O)[O-])c(S(=O)(=O)[O-])c2)nc(Nc2cc(S(=O)(=O)[O-])ccc2S(=O)(=O)[O-])n1)C(=O)[O-].[Na+].[Na+].[Na+].[Na+].[Na+].[Na+].[Na+].[Na+].[Na+].[Na+]. The van der Waals surface area contributed by atoms with Crippen molar-refractivity contribution in [1.29, 1.82) is 0 Å². The fourth-order valence-corrected chi connectivity index (χ4v) is 10.8. The number of anilines is 10. The van der Waals surface area contributed by atoms with Gasteiger partial charge in [0.1, 0.15) is 60.7 Å². The molecule has 6 aromatic rings. The summed E-state index contributed by atoms with van der Waals surface area (Å²) in [4.78, 5) is 62.1. The molecule has 0 unspecified atom stereocenters. The Morgan fingerprint density at radius 2 is 0.606 bits per heavy atom. The third kappa shape index (κ3) is 31.6. The van der Waals surface area contributed by atoms with Crippen LogP contribution in [0.4, 0.5) is 58.4 Å². The molecular weight excluding hydrogens is 1490 g/mol. The van der Waals surface area contributed by atoms with Crippen molar-refractivity contribution >= 4 is 143 Å². The molecule has 0 amide bonds. The molecule has 0 saturated carbocycles. The number of carboxylic acid groups (broad SMARTS) is 4. The second kappa shape index (κ2) is 43.3. The molecule has 94 heavy (non-hydrogen) atoms. The van der Waals surface area contributed by atoms with E-state index in [1.807, 2.05) is 10.6 Å². The maximum atomic E-state index is 12.7. The van der Waals surface area contributed by atoms with Gasteiger partial charge in [0, 0.05) is 36.2 Å². The summed E-state index contributed by atoms with van der Waals surface area (Å²) in [6.07, 6.45) is -3.80. The van der Waals surface area contributed by atoms with Gasteiger partial charge in [-0.3, -0.25) is 0 Å². The van der Waals surface area contributed by atoms with Crippen LogP contribution in [0.5, 0.6) is 0 Å². The minimum atomic E-state index is -5.56. The number of carbonyl (C=O) groups excluding carboxylic acids is 4. The van der Waals surface area contributed by atoms with Gasteiger partial charge in [0.05, 0.1) is 64.8 Å². The van der Waals surface area contributed by atoms with E-state index in [0.29, 0.717) is 48.5 Å². The second-order valence-corrected chi connectivity index (χ2v) is 24.6. The van der Waals surface area contributed by atoms with Gasteiger partial charge in [0.25, 0.3) is 0 Å². The van der Waals surface area contributed by atoms with Gasteiger partial charge >= 0.3 is 296 Å². The van der Waals surface area contributed by atoms with Crippen molar-refractivity contribution < 1.29 is 413 Å². The maximum Gasteiger partial charge on any atom is 1.00 e. The minimum absolute atomic E-state index is 0. The van der Waals surface area contributed by atoms with E-state index in [1.165, 1.54) is 0 Å². The molecule has 54 heteroatoms. The zero-order valence-electron chi connectivity index (χ0n) is 50.7. The van der Waals surface area contributed by atoms with Gasteiger partial charge in [0.2, 0.25) is 35.7 Å². The van der Waals surface area contributed by atoms with Crippen LogP contribution >= 0.6 is 0 Å². The van der Waals surface area contributed by atoms with Crippen LogP contribution in [0.3, 0.4) is 0 Å². The molecule has 2 heterocycles. The number of benzene rings is 4. The van der Waals surface area contributed by atoms with Gasteiger partial charge in [-0.1, -0.05) is 12.1 Å². The van der Waals surface area contributed by atoms with Crippen molar-refractivity contribution in [3.8, 4) is 0 Å².